The molecule has 0 heterocycles. The molecule has 0 atom stereocenters. The van der Waals surface area contributed by atoms with Crippen LogP contribution in [-0.2, 0) is 13.1 Å². The second-order valence-electron chi connectivity index (χ2n) is 4.45. The Balaban J connectivity index is 1.78. The molecule has 0 spiro atoms. The molecule has 0 saturated heterocycles. The normalized spacial score (nSPS) is 9.95. The Hall–Kier alpha value is -2.29. The summed E-state index contributed by atoms with van der Waals surface area (Å²) < 4.78 is 0. The summed E-state index contributed by atoms with van der Waals surface area (Å²) >= 11 is 0. The summed E-state index contributed by atoms with van der Waals surface area (Å²) in [7, 11) is 0. The number of urea groups is 1. The summed E-state index contributed by atoms with van der Waals surface area (Å²) in [6.45, 7) is 3.13. The Labute approximate surface area is 113 Å². The molecule has 0 unspecified atom stereocenters. The first-order valence-electron chi connectivity index (χ1n) is 6.36. The van der Waals surface area contributed by atoms with Crippen molar-refractivity contribution < 1.29 is 4.79 Å². The highest BCUT2D eigenvalue weighted by Crippen LogP contribution is 2.05. The van der Waals surface area contributed by atoms with E-state index in [4.69, 9.17) is 0 Å². The lowest BCUT2D eigenvalue weighted by Gasteiger charge is -2.09. The molecule has 0 saturated carbocycles. The van der Waals surface area contributed by atoms with Crippen molar-refractivity contribution in [1.29, 1.82) is 0 Å². The molecule has 0 aliphatic carbocycles. The van der Waals surface area contributed by atoms with Gasteiger partial charge in [0.1, 0.15) is 0 Å². The van der Waals surface area contributed by atoms with Crippen molar-refractivity contribution in [2.24, 2.45) is 0 Å². The first kappa shape index (κ1) is 13.1. The van der Waals surface area contributed by atoms with E-state index in [0.717, 1.165) is 11.1 Å². The van der Waals surface area contributed by atoms with Crippen LogP contribution in [-0.4, -0.2) is 6.03 Å². The van der Waals surface area contributed by atoms with Crippen molar-refractivity contribution in [2.45, 2.75) is 20.0 Å². The number of hydrogen-bond donors (Lipinski definition) is 2. The predicted octanol–water partition coefficient (Wildman–Crippen LogP) is 2.99. The van der Waals surface area contributed by atoms with Gasteiger partial charge in [0.15, 0.2) is 0 Å². The van der Waals surface area contributed by atoms with E-state index < -0.39 is 0 Å². The largest absolute Gasteiger partial charge is 0.334 e. The minimum absolute atomic E-state index is 0.146. The number of amides is 2. The van der Waals surface area contributed by atoms with E-state index in [1.54, 1.807) is 0 Å². The summed E-state index contributed by atoms with van der Waals surface area (Å²) in [6.07, 6.45) is 0. The van der Waals surface area contributed by atoms with Crippen molar-refractivity contribution in [3.05, 3.63) is 71.3 Å². The molecule has 0 aliphatic rings. The fourth-order valence-corrected chi connectivity index (χ4v) is 1.82. The van der Waals surface area contributed by atoms with E-state index in [1.165, 1.54) is 5.56 Å². The smallest absolute Gasteiger partial charge is 0.315 e. The molecule has 2 aromatic rings. The van der Waals surface area contributed by atoms with Crippen molar-refractivity contribution in [3.63, 3.8) is 0 Å². The number of benzene rings is 2. The van der Waals surface area contributed by atoms with Crippen LogP contribution < -0.4 is 10.6 Å². The molecule has 0 aliphatic heterocycles. The third-order valence-corrected chi connectivity index (χ3v) is 3.00. The topological polar surface area (TPSA) is 41.1 Å². The Morgan fingerprint density at radius 3 is 2.26 bits per heavy atom. The average molecular weight is 254 g/mol. The van der Waals surface area contributed by atoms with Gasteiger partial charge >= 0.3 is 6.03 Å². The fraction of sp³-hybridized carbons (Fsp3) is 0.188. The Morgan fingerprint density at radius 1 is 0.895 bits per heavy atom. The highest BCUT2D eigenvalue weighted by molar-refractivity contribution is 5.73. The van der Waals surface area contributed by atoms with Gasteiger partial charge in [-0.25, -0.2) is 4.79 Å². The van der Waals surface area contributed by atoms with Gasteiger partial charge in [-0.3, -0.25) is 0 Å². The van der Waals surface area contributed by atoms with Crippen LogP contribution in [0, 0.1) is 6.92 Å². The van der Waals surface area contributed by atoms with E-state index in [1.807, 2.05) is 61.5 Å². The molecule has 0 fully saturated rings. The quantitative estimate of drug-likeness (QED) is 0.865. The van der Waals surface area contributed by atoms with Gasteiger partial charge in [0.2, 0.25) is 0 Å². The zero-order chi connectivity index (χ0) is 13.5. The van der Waals surface area contributed by atoms with Gasteiger partial charge in [0.05, 0.1) is 0 Å². The number of nitrogens with one attached hydrogen (secondary N) is 2. The molecule has 2 N–H and O–H groups in total. The zero-order valence-corrected chi connectivity index (χ0v) is 11.0. The third kappa shape index (κ3) is 4.14. The van der Waals surface area contributed by atoms with E-state index >= 15 is 0 Å². The van der Waals surface area contributed by atoms with Crippen LogP contribution >= 0.6 is 0 Å². The minimum Gasteiger partial charge on any atom is -0.334 e. The first-order chi connectivity index (χ1) is 9.25. The molecular formula is C16H18N2O. The van der Waals surface area contributed by atoms with Crippen molar-refractivity contribution >= 4 is 6.03 Å². The van der Waals surface area contributed by atoms with Crippen molar-refractivity contribution in [2.75, 3.05) is 0 Å². The Morgan fingerprint density at radius 2 is 1.53 bits per heavy atom. The van der Waals surface area contributed by atoms with Crippen molar-refractivity contribution in [1.82, 2.24) is 10.6 Å². The summed E-state index contributed by atoms with van der Waals surface area (Å²) in [4.78, 5) is 11.7. The molecular weight excluding hydrogens is 236 g/mol. The van der Waals surface area contributed by atoms with E-state index in [9.17, 15) is 4.79 Å². The number of carbonyl (C=O) groups excluding carboxylic acids is 1. The highest BCUT2D eigenvalue weighted by atomic mass is 16.2. The standard InChI is InChI=1S/C16H18N2O/c1-13-7-5-6-10-15(13)12-18-16(19)17-11-14-8-3-2-4-9-14/h2-10H,11-12H2,1H3,(H2,17,18,19). The van der Waals surface area contributed by atoms with E-state index in [2.05, 4.69) is 10.6 Å². The molecule has 0 radical (unpaired) electrons. The van der Waals surface area contributed by atoms with Crippen LogP contribution in [0.1, 0.15) is 16.7 Å². The van der Waals surface area contributed by atoms with Crippen LogP contribution in [0.2, 0.25) is 0 Å². The molecule has 0 bridgehead atoms. The molecule has 2 rings (SSSR count). The van der Waals surface area contributed by atoms with Gasteiger partial charge in [-0.1, -0.05) is 54.6 Å². The van der Waals surface area contributed by atoms with Crippen LogP contribution in [0.15, 0.2) is 54.6 Å². The lowest BCUT2D eigenvalue weighted by Crippen LogP contribution is -2.34. The molecule has 3 nitrogen and oxygen atoms in total. The van der Waals surface area contributed by atoms with Crippen LogP contribution in [0.25, 0.3) is 0 Å². The van der Waals surface area contributed by atoms with Gasteiger partial charge in [-0.05, 0) is 23.6 Å². The molecule has 19 heavy (non-hydrogen) atoms. The number of rotatable bonds is 4. The maximum Gasteiger partial charge on any atom is 0.315 e. The van der Waals surface area contributed by atoms with Gasteiger partial charge in [-0.15, -0.1) is 0 Å². The summed E-state index contributed by atoms with van der Waals surface area (Å²) in [5.74, 6) is 0. The fourth-order valence-electron chi connectivity index (χ4n) is 1.82. The van der Waals surface area contributed by atoms with Gasteiger partial charge in [-0.2, -0.15) is 0 Å². The van der Waals surface area contributed by atoms with E-state index in [-0.39, 0.29) is 6.03 Å². The number of carbonyl (C=O) groups is 1. The minimum atomic E-state index is -0.146. The second kappa shape index (κ2) is 6.59. The monoisotopic (exact) mass is 254 g/mol. The van der Waals surface area contributed by atoms with Crippen LogP contribution in [0.3, 0.4) is 0 Å². The lowest BCUT2D eigenvalue weighted by molar-refractivity contribution is 0.240. The number of hydrogen-bond acceptors (Lipinski definition) is 1. The SMILES string of the molecule is Cc1ccccc1CNC(=O)NCc1ccccc1. The summed E-state index contributed by atoms with van der Waals surface area (Å²) in [5.41, 5.74) is 3.41. The molecule has 2 aromatic carbocycles. The Kier molecular flexibility index (Phi) is 4.56. The maximum atomic E-state index is 11.7. The summed E-state index contributed by atoms with van der Waals surface area (Å²) in [6, 6.07) is 17.7. The van der Waals surface area contributed by atoms with Gasteiger partial charge in [0, 0.05) is 13.1 Å². The molecule has 3 heteroatoms. The Bertz CT molecular complexity index is 537. The maximum absolute atomic E-state index is 11.7. The first-order valence-corrected chi connectivity index (χ1v) is 6.36. The molecule has 0 aromatic heterocycles. The van der Waals surface area contributed by atoms with Gasteiger partial charge < -0.3 is 10.6 Å². The van der Waals surface area contributed by atoms with Gasteiger partial charge in [0.25, 0.3) is 0 Å². The van der Waals surface area contributed by atoms with Crippen molar-refractivity contribution in [3.8, 4) is 0 Å². The third-order valence-electron chi connectivity index (χ3n) is 3.00. The predicted molar refractivity (Wildman–Crippen MR) is 76.7 cm³/mol. The molecule has 98 valence electrons. The van der Waals surface area contributed by atoms with Crippen LogP contribution in [0.4, 0.5) is 4.79 Å². The number of aryl methyl sites for hydroxylation is 1. The zero-order valence-electron chi connectivity index (χ0n) is 11.0. The lowest BCUT2D eigenvalue weighted by atomic mass is 10.1. The average Bonchev–Trinajstić information content (AvgIpc) is 2.45. The highest BCUT2D eigenvalue weighted by Gasteiger charge is 2.01. The van der Waals surface area contributed by atoms with E-state index in [0.29, 0.717) is 13.1 Å². The summed E-state index contributed by atoms with van der Waals surface area (Å²) in [5, 5.41) is 5.70. The second-order valence-corrected chi connectivity index (χ2v) is 4.45. The molecule has 2 amide bonds. The van der Waals surface area contributed by atoms with Crippen LogP contribution in [0.5, 0.6) is 0 Å².